The molecule has 0 aliphatic rings. The molecule has 1 N–H and O–H groups in total. The van der Waals surface area contributed by atoms with Gasteiger partial charge in [-0.15, -0.1) is 11.3 Å². The van der Waals surface area contributed by atoms with Crippen molar-refractivity contribution in [3.05, 3.63) is 53.2 Å². The lowest BCUT2D eigenvalue weighted by molar-refractivity contribution is 0.223. The van der Waals surface area contributed by atoms with Crippen LogP contribution in [0.15, 0.2) is 34.1 Å². The van der Waals surface area contributed by atoms with Crippen LogP contribution in [-0.2, 0) is 0 Å². The van der Waals surface area contributed by atoms with E-state index in [1.807, 2.05) is 24.3 Å². The molecule has 1 unspecified atom stereocenters. The van der Waals surface area contributed by atoms with Gasteiger partial charge in [0, 0.05) is 8.45 Å². The Balaban J connectivity index is 2.39. The number of halogens is 3. The van der Waals surface area contributed by atoms with Gasteiger partial charge in [-0.25, -0.2) is 0 Å². The van der Waals surface area contributed by atoms with E-state index in [4.69, 9.17) is 11.6 Å². The van der Waals surface area contributed by atoms with Gasteiger partial charge in [-0.1, -0.05) is 29.8 Å². The summed E-state index contributed by atoms with van der Waals surface area (Å²) in [5.74, 6) is 0. The largest absolute Gasteiger partial charge is 0.383 e. The summed E-state index contributed by atoms with van der Waals surface area (Å²) in [6.07, 6.45) is -0.609. The van der Waals surface area contributed by atoms with Crippen LogP contribution in [0, 0.1) is 3.57 Å². The summed E-state index contributed by atoms with van der Waals surface area (Å²) in [7, 11) is 0. The summed E-state index contributed by atoms with van der Waals surface area (Å²) < 4.78 is 1.91. The van der Waals surface area contributed by atoms with E-state index in [2.05, 4.69) is 38.5 Å². The molecule has 2 rings (SSSR count). The highest BCUT2D eigenvalue weighted by Gasteiger charge is 2.16. The number of aliphatic hydroxyl groups excluding tert-OH is 1. The molecule has 16 heavy (non-hydrogen) atoms. The molecule has 0 fully saturated rings. The highest BCUT2D eigenvalue weighted by atomic mass is 127. The van der Waals surface area contributed by atoms with Crippen molar-refractivity contribution in [1.29, 1.82) is 0 Å². The van der Waals surface area contributed by atoms with Crippen LogP contribution in [0.5, 0.6) is 0 Å². The predicted octanol–water partition coefficient (Wildman–Crippen LogP) is 4.85. The second-order valence-electron chi connectivity index (χ2n) is 3.19. The van der Waals surface area contributed by atoms with Crippen LogP contribution < -0.4 is 0 Å². The number of hydrogen-bond donors (Lipinski definition) is 1. The fourth-order valence-electron chi connectivity index (χ4n) is 1.35. The van der Waals surface area contributed by atoms with Crippen molar-refractivity contribution >= 4 is 61.5 Å². The van der Waals surface area contributed by atoms with Crippen LogP contribution in [0.1, 0.15) is 16.5 Å². The molecule has 1 aromatic heterocycles. The predicted molar refractivity (Wildman–Crippen MR) is 80.2 cm³/mol. The maximum atomic E-state index is 10.2. The smallest absolute Gasteiger partial charge is 0.114 e. The molecule has 1 atom stereocenters. The Morgan fingerprint density at radius 3 is 2.62 bits per heavy atom. The Morgan fingerprint density at radius 2 is 2.06 bits per heavy atom. The molecule has 84 valence electrons. The Morgan fingerprint density at radius 1 is 1.38 bits per heavy atom. The topological polar surface area (TPSA) is 20.2 Å². The molecular weight excluding hydrogens is 422 g/mol. The zero-order valence-electron chi connectivity index (χ0n) is 7.95. The quantitative estimate of drug-likeness (QED) is 0.677. The minimum Gasteiger partial charge on any atom is -0.383 e. The summed E-state index contributed by atoms with van der Waals surface area (Å²) >= 11 is 13.0. The van der Waals surface area contributed by atoms with E-state index in [0.29, 0.717) is 5.02 Å². The van der Waals surface area contributed by atoms with Crippen LogP contribution in [0.4, 0.5) is 0 Å². The number of rotatable bonds is 2. The maximum absolute atomic E-state index is 10.2. The second-order valence-corrected chi connectivity index (χ2v) is 7.17. The highest BCUT2D eigenvalue weighted by molar-refractivity contribution is 14.1. The molecule has 1 nitrogen and oxygen atoms in total. The Kier molecular flexibility index (Phi) is 4.29. The molecule has 5 heteroatoms. The van der Waals surface area contributed by atoms with Crippen molar-refractivity contribution in [2.75, 3.05) is 0 Å². The summed E-state index contributed by atoms with van der Waals surface area (Å²) in [4.78, 5) is 0.848. The molecule has 0 aliphatic heterocycles. The maximum Gasteiger partial charge on any atom is 0.114 e. The molecule has 0 spiro atoms. The van der Waals surface area contributed by atoms with E-state index in [1.54, 1.807) is 6.07 Å². The van der Waals surface area contributed by atoms with Crippen LogP contribution >= 0.6 is 61.5 Å². The SMILES string of the molecule is OC(c1cc(Cl)c(Br)s1)c1ccccc1I. The monoisotopic (exact) mass is 428 g/mol. The van der Waals surface area contributed by atoms with Gasteiger partial charge in [0.15, 0.2) is 0 Å². The first-order valence-corrected chi connectivity index (χ1v) is 7.53. The highest BCUT2D eigenvalue weighted by Crippen LogP contribution is 2.38. The van der Waals surface area contributed by atoms with Crippen LogP contribution in [0.3, 0.4) is 0 Å². The van der Waals surface area contributed by atoms with Crippen LogP contribution in [-0.4, -0.2) is 5.11 Å². The van der Waals surface area contributed by atoms with Gasteiger partial charge >= 0.3 is 0 Å². The minimum atomic E-state index is -0.609. The Hall–Kier alpha value is 0.380. The number of aliphatic hydroxyl groups is 1. The van der Waals surface area contributed by atoms with E-state index in [1.165, 1.54) is 11.3 Å². The summed E-state index contributed by atoms with van der Waals surface area (Å²) in [6.45, 7) is 0. The summed E-state index contributed by atoms with van der Waals surface area (Å²) in [6, 6.07) is 9.57. The molecule has 0 amide bonds. The average molecular weight is 430 g/mol. The van der Waals surface area contributed by atoms with Crippen molar-refractivity contribution in [3.8, 4) is 0 Å². The van der Waals surface area contributed by atoms with Crippen molar-refractivity contribution in [1.82, 2.24) is 0 Å². The van der Waals surface area contributed by atoms with E-state index in [9.17, 15) is 5.11 Å². The van der Waals surface area contributed by atoms with Crippen molar-refractivity contribution in [3.63, 3.8) is 0 Å². The van der Waals surface area contributed by atoms with Crippen molar-refractivity contribution < 1.29 is 5.11 Å². The van der Waals surface area contributed by atoms with Gasteiger partial charge in [-0.05, 0) is 56.2 Å². The standard InChI is InChI=1S/C11H7BrClIOS/c12-11-7(13)5-9(16-11)10(15)6-3-1-2-4-8(6)14/h1-5,10,15H. The molecular formula is C11H7BrClIOS. The lowest BCUT2D eigenvalue weighted by Crippen LogP contribution is -1.99. The Labute approximate surface area is 125 Å². The zero-order chi connectivity index (χ0) is 11.7. The van der Waals surface area contributed by atoms with E-state index in [0.717, 1.165) is 17.8 Å². The molecule has 1 aromatic carbocycles. The summed E-state index contributed by atoms with van der Waals surface area (Å²) in [5, 5.41) is 10.9. The van der Waals surface area contributed by atoms with E-state index >= 15 is 0 Å². The third kappa shape index (κ3) is 2.61. The molecule has 0 radical (unpaired) electrons. The number of thiophene rings is 1. The number of hydrogen-bond acceptors (Lipinski definition) is 2. The minimum absolute atomic E-state index is 0.609. The fraction of sp³-hybridized carbons (Fsp3) is 0.0909. The van der Waals surface area contributed by atoms with E-state index in [-0.39, 0.29) is 0 Å². The third-order valence-corrected chi connectivity index (χ3v) is 5.64. The first-order chi connectivity index (χ1) is 7.59. The van der Waals surface area contributed by atoms with Crippen LogP contribution in [0.2, 0.25) is 5.02 Å². The van der Waals surface area contributed by atoms with Gasteiger partial charge in [-0.3, -0.25) is 0 Å². The molecule has 1 heterocycles. The van der Waals surface area contributed by atoms with Gasteiger partial charge in [-0.2, -0.15) is 0 Å². The normalized spacial score (nSPS) is 12.8. The van der Waals surface area contributed by atoms with Gasteiger partial charge in [0.05, 0.1) is 8.81 Å². The van der Waals surface area contributed by atoms with Crippen molar-refractivity contribution in [2.45, 2.75) is 6.10 Å². The van der Waals surface area contributed by atoms with Crippen molar-refractivity contribution in [2.24, 2.45) is 0 Å². The molecule has 0 bridgehead atoms. The zero-order valence-corrected chi connectivity index (χ0v) is 13.3. The molecule has 0 saturated heterocycles. The van der Waals surface area contributed by atoms with Gasteiger partial charge in [0.2, 0.25) is 0 Å². The lowest BCUT2D eigenvalue weighted by Gasteiger charge is -2.10. The Bertz CT molecular complexity index is 495. The van der Waals surface area contributed by atoms with Crippen LogP contribution in [0.25, 0.3) is 0 Å². The lowest BCUT2D eigenvalue weighted by atomic mass is 10.1. The van der Waals surface area contributed by atoms with Gasteiger partial charge < -0.3 is 5.11 Å². The van der Waals surface area contributed by atoms with Gasteiger partial charge in [0.25, 0.3) is 0 Å². The third-order valence-electron chi connectivity index (χ3n) is 2.13. The second kappa shape index (κ2) is 5.35. The first-order valence-electron chi connectivity index (χ1n) is 4.47. The molecule has 2 aromatic rings. The summed E-state index contributed by atoms with van der Waals surface area (Å²) in [5.41, 5.74) is 0.911. The van der Waals surface area contributed by atoms with E-state index < -0.39 is 6.10 Å². The van der Waals surface area contributed by atoms with Gasteiger partial charge in [0.1, 0.15) is 6.10 Å². The first kappa shape index (κ1) is 12.8. The number of benzene rings is 1. The fourth-order valence-corrected chi connectivity index (χ4v) is 3.78. The average Bonchev–Trinajstić information content (AvgIpc) is 2.59. The molecule has 0 aliphatic carbocycles. The molecule has 0 saturated carbocycles.